The number of anilines is 1. The minimum Gasteiger partial charge on any atom is -0.497 e. The molecule has 2 aliphatic rings. The molecule has 2 aliphatic heterocycles. The van der Waals surface area contributed by atoms with E-state index in [1.165, 1.54) is 5.56 Å². The predicted molar refractivity (Wildman–Crippen MR) is 117 cm³/mol. The summed E-state index contributed by atoms with van der Waals surface area (Å²) in [6.07, 6.45) is 0.991. The van der Waals surface area contributed by atoms with Gasteiger partial charge >= 0.3 is 0 Å². The zero-order valence-electron chi connectivity index (χ0n) is 17.5. The third-order valence-electron chi connectivity index (χ3n) is 5.92. The van der Waals surface area contributed by atoms with Crippen LogP contribution >= 0.6 is 0 Å². The second-order valence-corrected chi connectivity index (χ2v) is 7.90. The highest BCUT2D eigenvalue weighted by atomic mass is 16.5. The highest BCUT2D eigenvalue weighted by Crippen LogP contribution is 2.36. The van der Waals surface area contributed by atoms with Crippen LogP contribution in [0.5, 0.6) is 5.75 Å². The Morgan fingerprint density at radius 2 is 2.07 bits per heavy atom. The molecule has 1 aromatic heterocycles. The Balaban J connectivity index is 1.41. The summed E-state index contributed by atoms with van der Waals surface area (Å²) in [6.45, 7) is 7.05. The van der Waals surface area contributed by atoms with Crippen LogP contribution in [0, 0.1) is 0 Å². The van der Waals surface area contributed by atoms with Gasteiger partial charge in [0.05, 0.1) is 26.0 Å². The maximum atomic E-state index is 12.3. The van der Waals surface area contributed by atoms with Crippen LogP contribution in [0.2, 0.25) is 0 Å². The van der Waals surface area contributed by atoms with Gasteiger partial charge in [0.15, 0.2) is 0 Å². The first-order valence-electron chi connectivity index (χ1n) is 10.7. The van der Waals surface area contributed by atoms with Crippen LogP contribution in [0.25, 0.3) is 0 Å². The van der Waals surface area contributed by atoms with E-state index < -0.39 is 0 Å². The van der Waals surface area contributed by atoms with E-state index in [-0.39, 0.29) is 17.4 Å². The van der Waals surface area contributed by atoms with E-state index in [9.17, 15) is 4.79 Å². The van der Waals surface area contributed by atoms with E-state index in [4.69, 9.17) is 14.5 Å². The number of nitrogens with one attached hydrogen (secondary N) is 3. The van der Waals surface area contributed by atoms with Crippen LogP contribution in [0.4, 0.5) is 5.95 Å². The lowest BCUT2D eigenvalue weighted by atomic mass is 9.86. The van der Waals surface area contributed by atoms with Gasteiger partial charge in [-0.05, 0) is 30.7 Å². The number of ether oxygens (including phenoxy) is 2. The van der Waals surface area contributed by atoms with Crippen molar-refractivity contribution in [3.8, 4) is 5.75 Å². The van der Waals surface area contributed by atoms with Crippen molar-refractivity contribution in [2.75, 3.05) is 64.9 Å². The van der Waals surface area contributed by atoms with Gasteiger partial charge in [0, 0.05) is 50.6 Å². The SMILES string of the molecule is COc1cccc([C@@H]2CNC[C@H]2c2cc(=O)[nH]c(NCCCN3CCOCC3)n2)c1. The van der Waals surface area contributed by atoms with E-state index >= 15 is 0 Å². The summed E-state index contributed by atoms with van der Waals surface area (Å²) in [5.41, 5.74) is 1.91. The molecule has 2 atom stereocenters. The second-order valence-electron chi connectivity index (χ2n) is 7.90. The molecule has 1 aromatic carbocycles. The molecule has 0 amide bonds. The predicted octanol–water partition coefficient (Wildman–Crippen LogP) is 1.38. The first-order valence-corrected chi connectivity index (χ1v) is 10.7. The molecule has 0 aliphatic carbocycles. The lowest BCUT2D eigenvalue weighted by Gasteiger charge is -2.26. The number of benzene rings is 1. The fraction of sp³-hybridized carbons (Fsp3) is 0.545. The topological polar surface area (TPSA) is 91.5 Å². The van der Waals surface area contributed by atoms with Crippen LogP contribution in [0.15, 0.2) is 35.1 Å². The standard InChI is InChI=1S/C22H31N5O3/c1-29-17-5-2-4-16(12-17)18-14-23-15-19(18)20-13-21(28)26-22(25-20)24-6-3-7-27-8-10-30-11-9-27/h2,4-5,12-13,18-19,23H,3,6-11,14-15H2,1H3,(H2,24,25,26,28)/t18-,19+/m0/s1. The van der Waals surface area contributed by atoms with Gasteiger partial charge in [-0.1, -0.05) is 12.1 Å². The van der Waals surface area contributed by atoms with Crippen LogP contribution in [0.1, 0.15) is 29.5 Å². The quantitative estimate of drug-likeness (QED) is 0.563. The Bertz CT molecular complexity index is 881. The van der Waals surface area contributed by atoms with Crippen molar-refractivity contribution < 1.29 is 9.47 Å². The van der Waals surface area contributed by atoms with Crippen molar-refractivity contribution in [3.05, 3.63) is 51.9 Å². The highest BCUT2D eigenvalue weighted by molar-refractivity contribution is 5.35. The minimum absolute atomic E-state index is 0.119. The first-order chi connectivity index (χ1) is 14.7. The molecular weight excluding hydrogens is 382 g/mol. The second kappa shape index (κ2) is 10.1. The van der Waals surface area contributed by atoms with Gasteiger partial charge < -0.3 is 20.1 Å². The zero-order chi connectivity index (χ0) is 20.8. The Morgan fingerprint density at radius 1 is 1.23 bits per heavy atom. The summed E-state index contributed by atoms with van der Waals surface area (Å²) >= 11 is 0. The van der Waals surface area contributed by atoms with E-state index in [1.54, 1.807) is 13.2 Å². The van der Waals surface area contributed by atoms with E-state index in [0.29, 0.717) is 5.95 Å². The molecule has 4 rings (SSSR count). The largest absolute Gasteiger partial charge is 0.497 e. The van der Waals surface area contributed by atoms with Gasteiger partial charge in [0.2, 0.25) is 5.95 Å². The summed E-state index contributed by atoms with van der Waals surface area (Å²) in [4.78, 5) is 22.3. The fourth-order valence-corrected chi connectivity index (χ4v) is 4.30. The molecule has 3 heterocycles. The summed E-state index contributed by atoms with van der Waals surface area (Å²) in [5, 5.41) is 6.75. The van der Waals surface area contributed by atoms with Crippen LogP contribution in [-0.2, 0) is 4.74 Å². The Morgan fingerprint density at radius 3 is 2.90 bits per heavy atom. The van der Waals surface area contributed by atoms with Gasteiger partial charge in [-0.25, -0.2) is 4.98 Å². The van der Waals surface area contributed by atoms with Crippen LogP contribution < -0.4 is 20.9 Å². The van der Waals surface area contributed by atoms with Crippen molar-refractivity contribution in [2.45, 2.75) is 18.3 Å². The smallest absolute Gasteiger partial charge is 0.252 e. The molecule has 0 saturated carbocycles. The monoisotopic (exact) mass is 413 g/mol. The number of hydrogen-bond donors (Lipinski definition) is 3. The Kier molecular flexibility index (Phi) is 6.99. The maximum absolute atomic E-state index is 12.3. The van der Waals surface area contributed by atoms with E-state index in [2.05, 4.69) is 32.7 Å². The fourth-order valence-electron chi connectivity index (χ4n) is 4.30. The number of H-pyrrole nitrogens is 1. The molecule has 2 aromatic rings. The number of methoxy groups -OCH3 is 1. The molecular formula is C22H31N5O3. The summed E-state index contributed by atoms with van der Waals surface area (Å²) in [5.74, 6) is 1.80. The van der Waals surface area contributed by atoms with Gasteiger partial charge in [-0.15, -0.1) is 0 Å². The Labute approximate surface area is 177 Å². The first kappa shape index (κ1) is 20.8. The van der Waals surface area contributed by atoms with Gasteiger partial charge in [-0.2, -0.15) is 0 Å². The molecule has 162 valence electrons. The molecule has 30 heavy (non-hydrogen) atoms. The Hall–Kier alpha value is -2.42. The van der Waals surface area contributed by atoms with Crippen molar-refractivity contribution in [2.24, 2.45) is 0 Å². The van der Waals surface area contributed by atoms with Gasteiger partial charge in [-0.3, -0.25) is 14.7 Å². The average Bonchev–Trinajstić information content (AvgIpc) is 3.27. The summed E-state index contributed by atoms with van der Waals surface area (Å²) in [6, 6.07) is 9.78. The van der Waals surface area contributed by atoms with E-state index in [0.717, 1.165) is 70.3 Å². The lowest BCUT2D eigenvalue weighted by Crippen LogP contribution is -2.37. The van der Waals surface area contributed by atoms with Gasteiger partial charge in [0.25, 0.3) is 5.56 Å². The number of nitrogens with zero attached hydrogens (tertiary/aromatic N) is 2. The number of hydrogen-bond acceptors (Lipinski definition) is 7. The molecule has 0 spiro atoms. The normalized spacial score (nSPS) is 22.2. The number of aromatic nitrogens is 2. The number of morpholine rings is 1. The average molecular weight is 414 g/mol. The van der Waals surface area contributed by atoms with Crippen molar-refractivity contribution in [1.29, 1.82) is 0 Å². The molecule has 2 saturated heterocycles. The summed E-state index contributed by atoms with van der Waals surface area (Å²) < 4.78 is 10.8. The summed E-state index contributed by atoms with van der Waals surface area (Å²) in [7, 11) is 1.68. The van der Waals surface area contributed by atoms with E-state index in [1.807, 2.05) is 12.1 Å². The molecule has 0 radical (unpaired) electrons. The van der Waals surface area contributed by atoms with Crippen molar-refractivity contribution in [3.63, 3.8) is 0 Å². The molecule has 0 unspecified atom stereocenters. The highest BCUT2D eigenvalue weighted by Gasteiger charge is 2.31. The molecule has 3 N–H and O–H groups in total. The van der Waals surface area contributed by atoms with Crippen molar-refractivity contribution >= 4 is 5.95 Å². The lowest BCUT2D eigenvalue weighted by molar-refractivity contribution is 0.0378. The third-order valence-corrected chi connectivity index (χ3v) is 5.92. The third kappa shape index (κ3) is 5.19. The molecule has 2 fully saturated rings. The minimum atomic E-state index is -0.119. The zero-order valence-corrected chi connectivity index (χ0v) is 17.5. The van der Waals surface area contributed by atoms with Crippen LogP contribution in [-0.4, -0.2) is 74.5 Å². The van der Waals surface area contributed by atoms with Crippen LogP contribution in [0.3, 0.4) is 0 Å². The number of aromatic amines is 1. The van der Waals surface area contributed by atoms with Gasteiger partial charge in [0.1, 0.15) is 5.75 Å². The molecule has 0 bridgehead atoms. The molecule has 8 nitrogen and oxygen atoms in total. The number of rotatable bonds is 8. The molecule has 8 heteroatoms. The van der Waals surface area contributed by atoms with Crippen molar-refractivity contribution in [1.82, 2.24) is 20.2 Å². The maximum Gasteiger partial charge on any atom is 0.252 e.